The average Bonchev–Trinajstić information content (AvgIpc) is 1.90. The second-order valence-electron chi connectivity index (χ2n) is 2.45. The SMILES string of the molecule is C[C@H]1CO[C@H](CO)CN1.Cl. The van der Waals surface area contributed by atoms with Gasteiger partial charge in [-0.05, 0) is 6.92 Å². The highest BCUT2D eigenvalue weighted by Gasteiger charge is 2.15. The molecule has 0 unspecified atom stereocenters. The van der Waals surface area contributed by atoms with Crippen molar-refractivity contribution < 1.29 is 9.84 Å². The Morgan fingerprint density at radius 3 is 2.80 bits per heavy atom. The van der Waals surface area contributed by atoms with Gasteiger partial charge in [-0.25, -0.2) is 0 Å². The minimum atomic E-state index is 0. The Hall–Kier alpha value is 0.170. The van der Waals surface area contributed by atoms with Crippen molar-refractivity contribution in [1.29, 1.82) is 0 Å². The molecule has 0 bridgehead atoms. The Morgan fingerprint density at radius 2 is 2.40 bits per heavy atom. The van der Waals surface area contributed by atoms with Crippen molar-refractivity contribution in [2.75, 3.05) is 19.8 Å². The first kappa shape index (κ1) is 10.2. The summed E-state index contributed by atoms with van der Waals surface area (Å²) in [5.41, 5.74) is 0. The number of ether oxygens (including phenoxy) is 1. The van der Waals surface area contributed by atoms with E-state index in [1.165, 1.54) is 0 Å². The van der Waals surface area contributed by atoms with Crippen molar-refractivity contribution in [3.8, 4) is 0 Å². The second-order valence-corrected chi connectivity index (χ2v) is 2.45. The smallest absolute Gasteiger partial charge is 0.0930 e. The molecule has 0 aromatic heterocycles. The summed E-state index contributed by atoms with van der Waals surface area (Å²) >= 11 is 0. The fraction of sp³-hybridized carbons (Fsp3) is 1.00. The first-order chi connectivity index (χ1) is 4.33. The molecule has 1 rings (SSSR count). The lowest BCUT2D eigenvalue weighted by Gasteiger charge is -2.26. The van der Waals surface area contributed by atoms with Gasteiger partial charge in [-0.2, -0.15) is 0 Å². The Bertz CT molecular complexity index is 83.8. The summed E-state index contributed by atoms with van der Waals surface area (Å²) in [6.07, 6.45) is 0.0150. The van der Waals surface area contributed by atoms with Gasteiger partial charge in [0, 0.05) is 12.6 Å². The van der Waals surface area contributed by atoms with E-state index in [2.05, 4.69) is 12.2 Å². The topological polar surface area (TPSA) is 41.5 Å². The minimum absolute atomic E-state index is 0. The van der Waals surface area contributed by atoms with Gasteiger partial charge in [-0.15, -0.1) is 12.4 Å². The third-order valence-corrected chi connectivity index (χ3v) is 1.48. The first-order valence-electron chi connectivity index (χ1n) is 3.28. The molecule has 1 heterocycles. The van der Waals surface area contributed by atoms with Crippen LogP contribution in [0.1, 0.15) is 6.92 Å². The number of hydrogen-bond donors (Lipinski definition) is 2. The van der Waals surface area contributed by atoms with Crippen LogP contribution < -0.4 is 5.32 Å². The maximum absolute atomic E-state index is 8.61. The van der Waals surface area contributed by atoms with Crippen LogP contribution in [0.3, 0.4) is 0 Å². The van der Waals surface area contributed by atoms with Gasteiger partial charge in [0.15, 0.2) is 0 Å². The molecule has 0 aromatic carbocycles. The molecule has 0 saturated carbocycles. The molecule has 2 N–H and O–H groups in total. The van der Waals surface area contributed by atoms with E-state index >= 15 is 0 Å². The van der Waals surface area contributed by atoms with Crippen LogP contribution in [0.15, 0.2) is 0 Å². The molecule has 4 heteroatoms. The van der Waals surface area contributed by atoms with Gasteiger partial charge in [0.1, 0.15) is 0 Å². The maximum atomic E-state index is 8.61. The summed E-state index contributed by atoms with van der Waals surface area (Å²) in [7, 11) is 0. The van der Waals surface area contributed by atoms with Gasteiger partial charge >= 0.3 is 0 Å². The van der Waals surface area contributed by atoms with Crippen LogP contribution in [0.5, 0.6) is 0 Å². The van der Waals surface area contributed by atoms with Crippen LogP contribution >= 0.6 is 12.4 Å². The lowest BCUT2D eigenvalue weighted by atomic mass is 10.2. The number of rotatable bonds is 1. The van der Waals surface area contributed by atoms with Crippen molar-refractivity contribution in [3.05, 3.63) is 0 Å². The fourth-order valence-electron chi connectivity index (χ4n) is 0.848. The molecule has 1 fully saturated rings. The molecule has 3 nitrogen and oxygen atoms in total. The average molecular weight is 168 g/mol. The fourth-order valence-corrected chi connectivity index (χ4v) is 0.848. The molecule has 0 aromatic rings. The highest BCUT2D eigenvalue weighted by atomic mass is 35.5. The van der Waals surface area contributed by atoms with E-state index in [1.54, 1.807) is 0 Å². The van der Waals surface area contributed by atoms with Gasteiger partial charge in [0.05, 0.1) is 19.3 Å². The van der Waals surface area contributed by atoms with E-state index in [9.17, 15) is 0 Å². The van der Waals surface area contributed by atoms with Crippen molar-refractivity contribution in [2.45, 2.75) is 19.1 Å². The van der Waals surface area contributed by atoms with Crippen LogP contribution in [0.25, 0.3) is 0 Å². The Balaban J connectivity index is 0.000000810. The Kier molecular flexibility index (Phi) is 4.99. The number of aliphatic hydroxyl groups is 1. The predicted octanol–water partition coefficient (Wildman–Crippen LogP) is -0.223. The second kappa shape index (κ2) is 4.91. The van der Waals surface area contributed by atoms with E-state index in [0.717, 1.165) is 6.54 Å². The number of halogens is 1. The quantitative estimate of drug-likeness (QED) is 0.568. The molecule has 10 heavy (non-hydrogen) atoms. The summed E-state index contributed by atoms with van der Waals surface area (Å²) in [6.45, 7) is 3.68. The van der Waals surface area contributed by atoms with Crippen molar-refractivity contribution in [3.63, 3.8) is 0 Å². The van der Waals surface area contributed by atoms with Gasteiger partial charge in [0.2, 0.25) is 0 Å². The third kappa shape index (κ3) is 2.84. The zero-order valence-corrected chi connectivity index (χ0v) is 6.86. The summed E-state index contributed by atoms with van der Waals surface area (Å²) in [5.74, 6) is 0. The highest BCUT2D eigenvalue weighted by Crippen LogP contribution is 1.98. The molecular formula is C6H14ClNO2. The zero-order chi connectivity index (χ0) is 6.69. The van der Waals surface area contributed by atoms with Crippen LogP contribution in [-0.4, -0.2) is 37.0 Å². The molecule has 1 saturated heterocycles. The van der Waals surface area contributed by atoms with Crippen LogP contribution in [0.4, 0.5) is 0 Å². The highest BCUT2D eigenvalue weighted by molar-refractivity contribution is 5.85. The molecular weight excluding hydrogens is 154 g/mol. The third-order valence-electron chi connectivity index (χ3n) is 1.48. The summed E-state index contributed by atoms with van der Waals surface area (Å²) in [4.78, 5) is 0. The molecule has 0 spiro atoms. The summed E-state index contributed by atoms with van der Waals surface area (Å²) in [6, 6.07) is 0.438. The minimum Gasteiger partial charge on any atom is -0.394 e. The maximum Gasteiger partial charge on any atom is 0.0930 e. The molecule has 62 valence electrons. The number of aliphatic hydroxyl groups excluding tert-OH is 1. The van der Waals surface area contributed by atoms with E-state index in [-0.39, 0.29) is 25.1 Å². The summed E-state index contributed by atoms with van der Waals surface area (Å²) in [5, 5.41) is 11.8. The van der Waals surface area contributed by atoms with E-state index in [1.807, 2.05) is 0 Å². The van der Waals surface area contributed by atoms with E-state index in [0.29, 0.717) is 12.6 Å². The molecule has 2 atom stereocenters. The number of hydrogen-bond acceptors (Lipinski definition) is 3. The van der Waals surface area contributed by atoms with E-state index in [4.69, 9.17) is 9.84 Å². The van der Waals surface area contributed by atoms with Gasteiger partial charge in [-0.1, -0.05) is 0 Å². The molecule has 1 aliphatic heterocycles. The van der Waals surface area contributed by atoms with Crippen molar-refractivity contribution in [2.24, 2.45) is 0 Å². The largest absolute Gasteiger partial charge is 0.394 e. The number of nitrogens with one attached hydrogen (secondary N) is 1. The predicted molar refractivity (Wildman–Crippen MR) is 41.5 cm³/mol. The van der Waals surface area contributed by atoms with Crippen molar-refractivity contribution >= 4 is 12.4 Å². The standard InChI is InChI=1S/C6H13NO2.ClH/c1-5-4-9-6(3-8)2-7-5;/h5-8H,2-4H2,1H3;1H/t5-,6-;/m0./s1. The lowest BCUT2D eigenvalue weighted by Crippen LogP contribution is -2.46. The van der Waals surface area contributed by atoms with Gasteiger partial charge in [0.25, 0.3) is 0 Å². The first-order valence-corrected chi connectivity index (χ1v) is 3.28. The molecule has 0 amide bonds. The lowest BCUT2D eigenvalue weighted by molar-refractivity contribution is -0.0222. The Labute approximate surface area is 67.2 Å². The van der Waals surface area contributed by atoms with Crippen LogP contribution in [0.2, 0.25) is 0 Å². The van der Waals surface area contributed by atoms with Gasteiger partial charge < -0.3 is 15.2 Å². The van der Waals surface area contributed by atoms with Crippen LogP contribution in [-0.2, 0) is 4.74 Å². The zero-order valence-electron chi connectivity index (χ0n) is 6.04. The Morgan fingerprint density at radius 1 is 1.70 bits per heavy atom. The molecule has 1 aliphatic rings. The number of morpholine rings is 1. The van der Waals surface area contributed by atoms with E-state index < -0.39 is 0 Å². The molecule has 0 radical (unpaired) electrons. The monoisotopic (exact) mass is 167 g/mol. The normalized spacial score (nSPS) is 33.0. The summed E-state index contributed by atoms with van der Waals surface area (Å²) < 4.78 is 5.23. The van der Waals surface area contributed by atoms with Crippen molar-refractivity contribution in [1.82, 2.24) is 5.32 Å². The molecule has 0 aliphatic carbocycles. The van der Waals surface area contributed by atoms with Gasteiger partial charge in [-0.3, -0.25) is 0 Å². The van der Waals surface area contributed by atoms with Crippen LogP contribution in [0, 0.1) is 0 Å².